The third kappa shape index (κ3) is 2.98. The van der Waals surface area contributed by atoms with Gasteiger partial charge in [-0.15, -0.1) is 0 Å². The fourth-order valence-electron chi connectivity index (χ4n) is 2.26. The molecule has 0 aromatic heterocycles. The Morgan fingerprint density at radius 3 is 2.56 bits per heavy atom. The highest BCUT2D eigenvalue weighted by Crippen LogP contribution is 2.36. The lowest BCUT2D eigenvalue weighted by molar-refractivity contribution is -0.191. The second-order valence-electron chi connectivity index (χ2n) is 4.57. The zero-order valence-electron chi connectivity index (χ0n) is 9.71. The van der Waals surface area contributed by atoms with Gasteiger partial charge in [-0.3, -0.25) is 0 Å². The van der Waals surface area contributed by atoms with Crippen LogP contribution in [-0.4, -0.2) is 31.7 Å². The summed E-state index contributed by atoms with van der Waals surface area (Å²) in [5.74, 6) is -0.281. The Bertz CT molecular complexity index is 249. The molecule has 0 unspecified atom stereocenters. The summed E-state index contributed by atoms with van der Waals surface area (Å²) in [6, 6.07) is 0. The van der Waals surface area contributed by atoms with E-state index in [0.717, 1.165) is 44.5 Å². The van der Waals surface area contributed by atoms with Crippen molar-refractivity contribution in [2.75, 3.05) is 19.8 Å². The van der Waals surface area contributed by atoms with E-state index in [9.17, 15) is 0 Å². The van der Waals surface area contributed by atoms with Crippen LogP contribution in [-0.2, 0) is 14.2 Å². The molecule has 0 atom stereocenters. The van der Waals surface area contributed by atoms with Crippen LogP contribution in [0.4, 0.5) is 0 Å². The molecule has 1 heterocycles. The summed E-state index contributed by atoms with van der Waals surface area (Å²) in [6.45, 7) is 4.07. The maximum Gasteiger partial charge on any atom is 0.168 e. The number of halogens is 1. The smallest absolute Gasteiger partial charge is 0.168 e. The quantitative estimate of drug-likeness (QED) is 0.767. The number of hydrogen-bond donors (Lipinski definition) is 0. The van der Waals surface area contributed by atoms with Crippen molar-refractivity contribution in [1.29, 1.82) is 0 Å². The lowest BCUT2D eigenvalue weighted by Crippen LogP contribution is -2.37. The molecule has 0 amide bonds. The molecule has 0 N–H and O–H groups in total. The minimum absolute atomic E-state index is 0.281. The molecule has 1 aliphatic heterocycles. The van der Waals surface area contributed by atoms with Gasteiger partial charge in [0.05, 0.1) is 25.9 Å². The summed E-state index contributed by atoms with van der Waals surface area (Å²) in [5, 5.41) is 0. The van der Waals surface area contributed by atoms with Crippen molar-refractivity contribution in [1.82, 2.24) is 0 Å². The Labute approximate surface area is 102 Å². The lowest BCUT2D eigenvalue weighted by Gasteiger charge is -2.35. The zero-order chi connectivity index (χ0) is 11.4. The Morgan fingerprint density at radius 2 is 2.00 bits per heavy atom. The van der Waals surface area contributed by atoms with Gasteiger partial charge in [0.25, 0.3) is 0 Å². The highest BCUT2D eigenvalue weighted by atomic mass is 35.5. The van der Waals surface area contributed by atoms with Crippen molar-refractivity contribution in [3.63, 3.8) is 0 Å². The summed E-state index contributed by atoms with van der Waals surface area (Å²) in [4.78, 5) is 0. The van der Waals surface area contributed by atoms with Crippen LogP contribution in [0.1, 0.15) is 32.6 Å². The summed E-state index contributed by atoms with van der Waals surface area (Å²) in [5.41, 5.74) is 2.64. The normalized spacial score (nSPS) is 26.5. The van der Waals surface area contributed by atoms with E-state index < -0.39 is 0 Å². The van der Waals surface area contributed by atoms with Crippen molar-refractivity contribution in [2.24, 2.45) is 0 Å². The average molecular weight is 247 g/mol. The van der Waals surface area contributed by atoms with Gasteiger partial charge in [-0.25, -0.2) is 0 Å². The molecular formula is C12H19ClO3. The number of ether oxygens (including phenoxy) is 3. The second kappa shape index (κ2) is 5.50. The van der Waals surface area contributed by atoms with Crippen molar-refractivity contribution in [2.45, 2.75) is 44.5 Å². The molecule has 1 saturated carbocycles. The van der Waals surface area contributed by atoms with Gasteiger partial charge in [0.2, 0.25) is 0 Å². The van der Waals surface area contributed by atoms with Gasteiger partial charge >= 0.3 is 0 Å². The molecule has 0 aromatic carbocycles. The monoisotopic (exact) mass is 246 g/mol. The van der Waals surface area contributed by atoms with Gasteiger partial charge in [-0.1, -0.05) is 11.6 Å². The van der Waals surface area contributed by atoms with Crippen molar-refractivity contribution in [3.05, 3.63) is 11.1 Å². The van der Waals surface area contributed by atoms with Gasteiger partial charge in [-0.2, -0.15) is 0 Å². The van der Waals surface area contributed by atoms with Crippen LogP contribution in [0.25, 0.3) is 0 Å². The lowest BCUT2D eigenvalue weighted by atomic mass is 9.92. The number of hydrogen-bond acceptors (Lipinski definition) is 3. The summed E-state index contributed by atoms with van der Waals surface area (Å²) < 4.78 is 17.1. The highest BCUT2D eigenvalue weighted by molar-refractivity contribution is 6.25. The van der Waals surface area contributed by atoms with Gasteiger partial charge in [0.1, 0.15) is 0 Å². The molecule has 92 valence electrons. The van der Waals surface area contributed by atoms with Crippen LogP contribution in [0.2, 0.25) is 0 Å². The van der Waals surface area contributed by atoms with Gasteiger partial charge in [-0.05, 0) is 25.3 Å². The molecule has 1 saturated heterocycles. The van der Waals surface area contributed by atoms with Gasteiger partial charge in [0.15, 0.2) is 5.79 Å². The molecular weight excluding hydrogens is 228 g/mol. The zero-order valence-corrected chi connectivity index (χ0v) is 10.5. The Balaban J connectivity index is 1.73. The maximum absolute atomic E-state index is 5.77. The van der Waals surface area contributed by atoms with Crippen LogP contribution in [0.3, 0.4) is 0 Å². The minimum Gasteiger partial charge on any atom is -0.374 e. The van der Waals surface area contributed by atoms with Crippen molar-refractivity contribution in [3.8, 4) is 0 Å². The molecule has 4 heteroatoms. The standard InChI is InChI=1S/C12H19ClO3/c1-10(8-13)9-14-11-2-4-12(5-3-11)15-6-7-16-12/h8,11H,2-7,9H2,1H3. The molecule has 0 bridgehead atoms. The highest BCUT2D eigenvalue weighted by Gasteiger charge is 2.40. The molecule has 2 rings (SSSR count). The van der Waals surface area contributed by atoms with Crippen LogP contribution in [0.5, 0.6) is 0 Å². The fraction of sp³-hybridized carbons (Fsp3) is 0.833. The van der Waals surface area contributed by atoms with E-state index in [1.807, 2.05) is 6.92 Å². The Hall–Kier alpha value is -0.0900. The van der Waals surface area contributed by atoms with Gasteiger partial charge < -0.3 is 14.2 Å². The molecule has 3 nitrogen and oxygen atoms in total. The van der Waals surface area contributed by atoms with Crippen LogP contribution >= 0.6 is 11.6 Å². The molecule has 1 spiro atoms. The summed E-state index contributed by atoms with van der Waals surface area (Å²) in [6.07, 6.45) is 4.23. The minimum atomic E-state index is -0.281. The average Bonchev–Trinajstić information content (AvgIpc) is 2.77. The number of rotatable bonds is 3. The first-order valence-electron chi connectivity index (χ1n) is 5.89. The van der Waals surface area contributed by atoms with Crippen LogP contribution in [0, 0.1) is 0 Å². The maximum atomic E-state index is 5.77. The van der Waals surface area contributed by atoms with Crippen molar-refractivity contribution >= 4 is 11.6 Å². The topological polar surface area (TPSA) is 27.7 Å². The third-order valence-electron chi connectivity index (χ3n) is 3.24. The molecule has 0 aromatic rings. The van der Waals surface area contributed by atoms with E-state index in [1.165, 1.54) is 0 Å². The van der Waals surface area contributed by atoms with E-state index in [-0.39, 0.29) is 5.79 Å². The largest absolute Gasteiger partial charge is 0.374 e. The fourth-order valence-corrected chi connectivity index (χ4v) is 2.33. The molecule has 1 aliphatic carbocycles. The van der Waals surface area contributed by atoms with Crippen molar-refractivity contribution < 1.29 is 14.2 Å². The summed E-state index contributed by atoms with van der Waals surface area (Å²) in [7, 11) is 0. The predicted molar refractivity (Wildman–Crippen MR) is 62.5 cm³/mol. The molecule has 16 heavy (non-hydrogen) atoms. The molecule has 2 aliphatic rings. The third-order valence-corrected chi connectivity index (χ3v) is 3.61. The second-order valence-corrected chi connectivity index (χ2v) is 4.79. The first-order chi connectivity index (χ1) is 7.74. The van der Waals surface area contributed by atoms with Crippen LogP contribution < -0.4 is 0 Å². The van der Waals surface area contributed by atoms with E-state index in [4.69, 9.17) is 25.8 Å². The SMILES string of the molecule is CC(=CCl)COC1CCC2(CC1)OCCO2. The Kier molecular flexibility index (Phi) is 4.25. The van der Waals surface area contributed by atoms with Gasteiger partial charge in [0, 0.05) is 18.4 Å². The molecule has 0 radical (unpaired) electrons. The molecule has 2 fully saturated rings. The predicted octanol–water partition coefficient (Wildman–Crippen LogP) is 2.83. The van der Waals surface area contributed by atoms with E-state index >= 15 is 0 Å². The van der Waals surface area contributed by atoms with E-state index in [2.05, 4.69) is 0 Å². The first kappa shape index (κ1) is 12.4. The Morgan fingerprint density at radius 1 is 1.38 bits per heavy atom. The van der Waals surface area contributed by atoms with Crippen LogP contribution in [0.15, 0.2) is 11.1 Å². The summed E-state index contributed by atoms with van der Waals surface area (Å²) >= 11 is 5.59. The van der Waals surface area contributed by atoms with E-state index in [0.29, 0.717) is 12.7 Å². The van der Waals surface area contributed by atoms with E-state index in [1.54, 1.807) is 5.54 Å². The first-order valence-corrected chi connectivity index (χ1v) is 6.33.